The lowest BCUT2D eigenvalue weighted by atomic mass is 10.2. The third kappa shape index (κ3) is 4.08. The first-order valence-electron chi connectivity index (χ1n) is 8.36. The molecule has 8 nitrogen and oxygen atoms in total. The molecule has 1 N–H and O–H groups in total. The average Bonchev–Trinajstić information content (AvgIpc) is 2.68. The van der Waals surface area contributed by atoms with Gasteiger partial charge in [-0.3, -0.25) is 9.59 Å². The number of nitrogens with one attached hydrogen (secondary N) is 1. The monoisotopic (exact) mass is 355 g/mol. The number of aromatic nitrogens is 2. The molecule has 0 unspecified atom stereocenters. The topological polar surface area (TPSA) is 87.7 Å². The molecule has 0 atom stereocenters. The number of hydrogen-bond donors (Lipinski definition) is 1. The standard InChI is InChI=1S/C18H21N5O3/c1-13(24)22-9-11-23(12-10-22)17-8-7-16(20-21-17)19-18(25)14-3-5-15(26-2)6-4-14/h3-8H,9-12H2,1-2H3,(H,19,20,25). The van der Waals surface area contributed by atoms with Crippen LogP contribution in [0.3, 0.4) is 0 Å². The van der Waals surface area contributed by atoms with E-state index in [9.17, 15) is 9.59 Å². The molecular weight excluding hydrogens is 334 g/mol. The minimum atomic E-state index is -0.259. The summed E-state index contributed by atoms with van der Waals surface area (Å²) in [5.41, 5.74) is 0.511. The smallest absolute Gasteiger partial charge is 0.256 e. The predicted molar refractivity (Wildman–Crippen MR) is 97.4 cm³/mol. The highest BCUT2D eigenvalue weighted by molar-refractivity contribution is 6.03. The molecule has 3 rings (SSSR count). The molecule has 8 heteroatoms. The van der Waals surface area contributed by atoms with Crippen LogP contribution in [-0.2, 0) is 4.79 Å². The normalized spacial score (nSPS) is 14.1. The second kappa shape index (κ2) is 7.81. The summed E-state index contributed by atoms with van der Waals surface area (Å²) < 4.78 is 5.08. The van der Waals surface area contributed by atoms with Gasteiger partial charge in [0.05, 0.1) is 7.11 Å². The van der Waals surface area contributed by atoms with Crippen LogP contribution in [0.4, 0.5) is 11.6 Å². The number of anilines is 2. The van der Waals surface area contributed by atoms with E-state index in [1.165, 1.54) is 0 Å². The van der Waals surface area contributed by atoms with Gasteiger partial charge in [0.25, 0.3) is 5.91 Å². The number of nitrogens with zero attached hydrogens (tertiary/aromatic N) is 4. The Labute approximate surface area is 151 Å². The van der Waals surface area contributed by atoms with Gasteiger partial charge < -0.3 is 19.9 Å². The fourth-order valence-electron chi connectivity index (χ4n) is 2.74. The van der Waals surface area contributed by atoms with Crippen molar-refractivity contribution in [2.24, 2.45) is 0 Å². The third-order valence-electron chi connectivity index (χ3n) is 4.29. The SMILES string of the molecule is COc1ccc(C(=O)Nc2ccc(N3CCN(C(C)=O)CC3)nn2)cc1. The Morgan fingerprint density at radius 2 is 1.69 bits per heavy atom. The maximum absolute atomic E-state index is 12.2. The largest absolute Gasteiger partial charge is 0.497 e. The Balaban J connectivity index is 1.59. The van der Waals surface area contributed by atoms with Crippen LogP contribution >= 0.6 is 0 Å². The molecule has 1 aromatic heterocycles. The Hall–Kier alpha value is -3.16. The van der Waals surface area contributed by atoms with Crippen LogP contribution in [0, 0.1) is 0 Å². The summed E-state index contributed by atoms with van der Waals surface area (Å²) in [7, 11) is 1.58. The number of carbonyl (C=O) groups is 2. The second-order valence-electron chi connectivity index (χ2n) is 5.95. The molecule has 1 saturated heterocycles. The van der Waals surface area contributed by atoms with E-state index in [2.05, 4.69) is 20.4 Å². The van der Waals surface area contributed by atoms with Gasteiger partial charge in [0.2, 0.25) is 5.91 Å². The highest BCUT2D eigenvalue weighted by Crippen LogP contribution is 2.16. The molecular formula is C18H21N5O3. The number of amides is 2. The van der Waals surface area contributed by atoms with Gasteiger partial charge in [0.1, 0.15) is 5.75 Å². The van der Waals surface area contributed by atoms with Crippen molar-refractivity contribution in [3.63, 3.8) is 0 Å². The van der Waals surface area contributed by atoms with Crippen molar-refractivity contribution in [2.75, 3.05) is 43.5 Å². The van der Waals surface area contributed by atoms with Gasteiger partial charge in [-0.15, -0.1) is 10.2 Å². The van der Waals surface area contributed by atoms with Gasteiger partial charge in [0, 0.05) is 38.7 Å². The summed E-state index contributed by atoms with van der Waals surface area (Å²) in [6, 6.07) is 10.4. The average molecular weight is 355 g/mol. The van der Waals surface area contributed by atoms with Gasteiger partial charge in [0.15, 0.2) is 11.6 Å². The van der Waals surface area contributed by atoms with Gasteiger partial charge >= 0.3 is 0 Å². The Morgan fingerprint density at radius 3 is 2.23 bits per heavy atom. The van der Waals surface area contributed by atoms with Crippen LogP contribution in [0.25, 0.3) is 0 Å². The highest BCUT2D eigenvalue weighted by atomic mass is 16.5. The molecule has 136 valence electrons. The van der Waals surface area contributed by atoms with Crippen LogP contribution in [0.15, 0.2) is 36.4 Å². The second-order valence-corrected chi connectivity index (χ2v) is 5.95. The zero-order chi connectivity index (χ0) is 18.5. The lowest BCUT2D eigenvalue weighted by Gasteiger charge is -2.34. The lowest BCUT2D eigenvalue weighted by Crippen LogP contribution is -2.48. The first kappa shape index (κ1) is 17.7. The Bertz CT molecular complexity index is 768. The fraction of sp³-hybridized carbons (Fsp3) is 0.333. The number of hydrogen-bond acceptors (Lipinski definition) is 6. The number of carbonyl (C=O) groups excluding carboxylic acids is 2. The quantitative estimate of drug-likeness (QED) is 0.892. The van der Waals surface area contributed by atoms with E-state index in [0.29, 0.717) is 43.3 Å². The number of rotatable bonds is 4. The van der Waals surface area contributed by atoms with Gasteiger partial charge in [-0.2, -0.15) is 0 Å². The third-order valence-corrected chi connectivity index (χ3v) is 4.29. The summed E-state index contributed by atoms with van der Waals surface area (Å²) in [4.78, 5) is 27.5. The van der Waals surface area contributed by atoms with Gasteiger partial charge in [-0.25, -0.2) is 0 Å². The first-order valence-corrected chi connectivity index (χ1v) is 8.36. The number of methoxy groups -OCH3 is 1. The molecule has 0 bridgehead atoms. The van der Waals surface area contributed by atoms with E-state index in [1.54, 1.807) is 44.4 Å². The first-order chi connectivity index (χ1) is 12.6. The van der Waals surface area contributed by atoms with Crippen molar-refractivity contribution < 1.29 is 14.3 Å². The highest BCUT2D eigenvalue weighted by Gasteiger charge is 2.19. The molecule has 1 aromatic carbocycles. The number of benzene rings is 1. The summed E-state index contributed by atoms with van der Waals surface area (Å²) >= 11 is 0. The van der Waals surface area contributed by atoms with E-state index in [1.807, 2.05) is 11.0 Å². The minimum absolute atomic E-state index is 0.0901. The molecule has 2 aromatic rings. The zero-order valence-electron chi connectivity index (χ0n) is 14.8. The summed E-state index contributed by atoms with van der Waals surface area (Å²) in [6.45, 7) is 4.35. The molecule has 2 heterocycles. The van der Waals surface area contributed by atoms with Crippen molar-refractivity contribution in [1.29, 1.82) is 0 Å². The zero-order valence-corrected chi connectivity index (χ0v) is 14.8. The maximum atomic E-state index is 12.2. The Kier molecular flexibility index (Phi) is 5.31. The van der Waals surface area contributed by atoms with Crippen molar-refractivity contribution in [3.05, 3.63) is 42.0 Å². The van der Waals surface area contributed by atoms with Crippen LogP contribution < -0.4 is 15.0 Å². The van der Waals surface area contributed by atoms with E-state index in [0.717, 1.165) is 5.82 Å². The van der Waals surface area contributed by atoms with Crippen molar-refractivity contribution in [1.82, 2.24) is 15.1 Å². The van der Waals surface area contributed by atoms with Crippen molar-refractivity contribution in [3.8, 4) is 5.75 Å². The maximum Gasteiger partial charge on any atom is 0.256 e. The van der Waals surface area contributed by atoms with Crippen molar-refractivity contribution in [2.45, 2.75) is 6.92 Å². The lowest BCUT2D eigenvalue weighted by molar-refractivity contribution is -0.129. The van der Waals surface area contributed by atoms with Gasteiger partial charge in [-0.1, -0.05) is 0 Å². The van der Waals surface area contributed by atoms with E-state index >= 15 is 0 Å². The molecule has 2 amide bonds. The molecule has 0 aliphatic carbocycles. The van der Waals surface area contributed by atoms with E-state index in [4.69, 9.17) is 4.74 Å². The number of ether oxygens (including phenoxy) is 1. The molecule has 0 saturated carbocycles. The molecule has 1 fully saturated rings. The summed E-state index contributed by atoms with van der Waals surface area (Å²) in [5.74, 6) is 1.64. The minimum Gasteiger partial charge on any atom is -0.497 e. The molecule has 26 heavy (non-hydrogen) atoms. The number of piperazine rings is 1. The van der Waals surface area contributed by atoms with E-state index < -0.39 is 0 Å². The van der Waals surface area contributed by atoms with Crippen LogP contribution in [-0.4, -0.2) is 60.2 Å². The molecule has 1 aliphatic rings. The molecule has 0 spiro atoms. The van der Waals surface area contributed by atoms with Crippen molar-refractivity contribution >= 4 is 23.5 Å². The predicted octanol–water partition coefficient (Wildman–Crippen LogP) is 1.41. The Morgan fingerprint density at radius 1 is 1.00 bits per heavy atom. The van der Waals surface area contributed by atoms with Crippen LogP contribution in [0.1, 0.15) is 17.3 Å². The summed E-state index contributed by atoms with van der Waals surface area (Å²) in [5, 5.41) is 11.0. The summed E-state index contributed by atoms with van der Waals surface area (Å²) in [6.07, 6.45) is 0. The van der Waals surface area contributed by atoms with Crippen LogP contribution in [0.5, 0.6) is 5.75 Å². The molecule has 0 radical (unpaired) electrons. The fourth-order valence-corrected chi connectivity index (χ4v) is 2.74. The molecule has 1 aliphatic heterocycles. The van der Waals surface area contributed by atoms with E-state index in [-0.39, 0.29) is 11.8 Å². The van der Waals surface area contributed by atoms with Gasteiger partial charge in [-0.05, 0) is 36.4 Å². The van der Waals surface area contributed by atoms with Crippen LogP contribution in [0.2, 0.25) is 0 Å².